The number of rotatable bonds is 7. The van der Waals surface area contributed by atoms with Crippen molar-refractivity contribution in [3.05, 3.63) is 53.6 Å². The fourth-order valence-corrected chi connectivity index (χ4v) is 3.74. The zero-order valence-corrected chi connectivity index (χ0v) is 17.5. The molecule has 0 saturated heterocycles. The number of esters is 1. The minimum Gasteiger partial charge on any atom is -0.507 e. The number of aryl methyl sites for hydroxylation is 1. The van der Waals surface area contributed by atoms with Gasteiger partial charge in [0.1, 0.15) is 11.3 Å². The molecule has 8 nitrogen and oxygen atoms in total. The van der Waals surface area contributed by atoms with E-state index in [4.69, 9.17) is 4.74 Å². The number of anilines is 1. The number of aromatic hydroxyl groups is 1. The lowest BCUT2D eigenvalue weighted by molar-refractivity contribution is -0.119. The molecule has 0 aliphatic rings. The summed E-state index contributed by atoms with van der Waals surface area (Å²) >= 11 is 0. The third-order valence-corrected chi connectivity index (χ3v) is 6.30. The molecular weight excluding hydrogens is 396 g/mol. The standard InChI is InChI=1S/C20H24N2O6S/c1-13(2)22(4)29(26,27)16-8-6-15(7-9-16)21-19(24)12-28-20(25)17-11-14(3)5-10-18(17)23/h5-11,13,23H,12H2,1-4H3,(H,21,24). The second-order valence-electron chi connectivity index (χ2n) is 6.78. The summed E-state index contributed by atoms with van der Waals surface area (Å²) in [6.45, 7) is 4.74. The van der Waals surface area contributed by atoms with Crippen molar-refractivity contribution in [2.24, 2.45) is 0 Å². The first-order valence-electron chi connectivity index (χ1n) is 8.87. The van der Waals surface area contributed by atoms with Gasteiger partial charge in [-0.05, 0) is 57.2 Å². The van der Waals surface area contributed by atoms with E-state index in [-0.39, 0.29) is 22.3 Å². The van der Waals surface area contributed by atoms with Crippen LogP contribution in [0.2, 0.25) is 0 Å². The summed E-state index contributed by atoms with van der Waals surface area (Å²) in [6, 6.07) is 9.96. The first-order chi connectivity index (χ1) is 13.5. The molecule has 1 amide bonds. The normalized spacial score (nSPS) is 11.5. The van der Waals surface area contributed by atoms with Gasteiger partial charge in [0.2, 0.25) is 10.0 Å². The van der Waals surface area contributed by atoms with Gasteiger partial charge in [-0.1, -0.05) is 11.6 Å². The second kappa shape index (κ2) is 9.06. The zero-order valence-electron chi connectivity index (χ0n) is 16.7. The van der Waals surface area contributed by atoms with Gasteiger partial charge >= 0.3 is 5.97 Å². The van der Waals surface area contributed by atoms with Crippen LogP contribution in [0.25, 0.3) is 0 Å². The molecule has 0 aliphatic heterocycles. The highest BCUT2D eigenvalue weighted by molar-refractivity contribution is 7.89. The minimum absolute atomic E-state index is 0.0263. The number of sulfonamides is 1. The molecule has 0 bridgehead atoms. The third kappa shape index (κ3) is 5.55. The highest BCUT2D eigenvalue weighted by Crippen LogP contribution is 2.20. The highest BCUT2D eigenvalue weighted by Gasteiger charge is 2.23. The molecule has 156 valence electrons. The van der Waals surface area contributed by atoms with E-state index in [1.807, 2.05) is 0 Å². The Hall–Kier alpha value is -2.91. The Kier molecular flexibility index (Phi) is 6.99. The average molecular weight is 420 g/mol. The number of phenols is 1. The quantitative estimate of drug-likeness (QED) is 0.666. The first kappa shape index (κ1) is 22.4. The van der Waals surface area contributed by atoms with Crippen LogP contribution in [0.15, 0.2) is 47.4 Å². The van der Waals surface area contributed by atoms with E-state index in [0.29, 0.717) is 5.69 Å². The van der Waals surface area contributed by atoms with Gasteiger partial charge in [-0.2, -0.15) is 4.31 Å². The number of carbonyl (C=O) groups excluding carboxylic acids is 2. The van der Waals surface area contributed by atoms with Gasteiger partial charge in [0.05, 0.1) is 4.90 Å². The Labute approximate surface area is 170 Å². The molecule has 2 N–H and O–H groups in total. The van der Waals surface area contributed by atoms with Gasteiger partial charge in [0.25, 0.3) is 5.91 Å². The number of benzene rings is 2. The Morgan fingerprint density at radius 3 is 2.34 bits per heavy atom. The van der Waals surface area contributed by atoms with Crippen LogP contribution in [-0.4, -0.2) is 49.4 Å². The topological polar surface area (TPSA) is 113 Å². The highest BCUT2D eigenvalue weighted by atomic mass is 32.2. The van der Waals surface area contributed by atoms with Gasteiger partial charge in [-0.3, -0.25) is 4.79 Å². The minimum atomic E-state index is -3.62. The van der Waals surface area contributed by atoms with Gasteiger partial charge in [-0.25, -0.2) is 13.2 Å². The SMILES string of the molecule is Cc1ccc(O)c(C(=O)OCC(=O)Nc2ccc(S(=O)(=O)N(C)C(C)C)cc2)c1. The number of hydrogen-bond donors (Lipinski definition) is 2. The van der Waals surface area contributed by atoms with Crippen molar-refractivity contribution in [2.75, 3.05) is 19.0 Å². The van der Waals surface area contributed by atoms with Crippen LogP contribution in [0, 0.1) is 6.92 Å². The van der Waals surface area contributed by atoms with Crippen molar-refractivity contribution in [1.82, 2.24) is 4.31 Å². The summed E-state index contributed by atoms with van der Waals surface area (Å²) in [7, 11) is -2.12. The molecule has 0 unspecified atom stereocenters. The number of amides is 1. The van der Waals surface area contributed by atoms with Crippen molar-refractivity contribution in [1.29, 1.82) is 0 Å². The van der Waals surface area contributed by atoms with Crippen molar-refractivity contribution in [3.63, 3.8) is 0 Å². The van der Waals surface area contributed by atoms with E-state index in [1.165, 1.54) is 47.8 Å². The van der Waals surface area contributed by atoms with Crippen molar-refractivity contribution >= 4 is 27.6 Å². The van der Waals surface area contributed by atoms with Crippen LogP contribution in [0.4, 0.5) is 5.69 Å². The smallest absolute Gasteiger partial charge is 0.342 e. The van der Waals surface area contributed by atoms with Crippen LogP contribution < -0.4 is 5.32 Å². The fourth-order valence-electron chi connectivity index (χ4n) is 2.37. The Morgan fingerprint density at radius 2 is 1.76 bits per heavy atom. The van der Waals surface area contributed by atoms with Gasteiger partial charge in [0, 0.05) is 18.8 Å². The van der Waals surface area contributed by atoms with E-state index in [2.05, 4.69) is 5.32 Å². The molecule has 0 atom stereocenters. The molecule has 2 aromatic carbocycles. The monoisotopic (exact) mass is 420 g/mol. The fraction of sp³-hybridized carbons (Fsp3) is 0.300. The van der Waals surface area contributed by atoms with Gasteiger partial charge in [-0.15, -0.1) is 0 Å². The largest absolute Gasteiger partial charge is 0.507 e. The molecule has 2 aromatic rings. The lowest BCUT2D eigenvalue weighted by Crippen LogP contribution is -2.33. The van der Waals surface area contributed by atoms with E-state index in [1.54, 1.807) is 26.8 Å². The summed E-state index contributed by atoms with van der Waals surface area (Å²) in [5, 5.41) is 12.2. The summed E-state index contributed by atoms with van der Waals surface area (Å²) in [5.74, 6) is -1.65. The number of hydrogen-bond acceptors (Lipinski definition) is 6. The Balaban J connectivity index is 1.97. The second-order valence-corrected chi connectivity index (χ2v) is 8.78. The van der Waals surface area contributed by atoms with Gasteiger partial charge in [0.15, 0.2) is 6.61 Å². The van der Waals surface area contributed by atoms with E-state index in [9.17, 15) is 23.1 Å². The Bertz CT molecular complexity index is 1000. The van der Waals surface area contributed by atoms with Crippen LogP contribution in [0.5, 0.6) is 5.75 Å². The predicted octanol–water partition coefficient (Wildman–Crippen LogP) is 2.53. The van der Waals surface area contributed by atoms with E-state index in [0.717, 1.165) is 5.56 Å². The molecule has 0 radical (unpaired) electrons. The molecular formula is C20H24N2O6S. The average Bonchev–Trinajstić information content (AvgIpc) is 2.67. The number of carbonyl (C=O) groups is 2. The number of nitrogens with one attached hydrogen (secondary N) is 1. The zero-order chi connectivity index (χ0) is 21.8. The van der Waals surface area contributed by atoms with Crippen molar-refractivity contribution in [2.45, 2.75) is 31.7 Å². The molecule has 0 fully saturated rings. The molecule has 0 spiro atoms. The molecule has 0 aliphatic carbocycles. The maximum Gasteiger partial charge on any atom is 0.342 e. The lowest BCUT2D eigenvalue weighted by Gasteiger charge is -2.21. The van der Waals surface area contributed by atoms with Crippen LogP contribution in [0.3, 0.4) is 0 Å². The van der Waals surface area contributed by atoms with Crippen molar-refractivity contribution in [3.8, 4) is 5.75 Å². The molecule has 9 heteroatoms. The summed E-state index contributed by atoms with van der Waals surface area (Å²) in [6.07, 6.45) is 0. The molecule has 0 saturated carbocycles. The first-order valence-corrected chi connectivity index (χ1v) is 10.3. The van der Waals surface area contributed by atoms with Crippen LogP contribution in [-0.2, 0) is 19.6 Å². The molecule has 0 aromatic heterocycles. The maximum absolute atomic E-state index is 12.4. The number of ether oxygens (including phenoxy) is 1. The van der Waals surface area contributed by atoms with E-state index < -0.39 is 28.5 Å². The van der Waals surface area contributed by atoms with Crippen LogP contribution >= 0.6 is 0 Å². The molecule has 0 heterocycles. The summed E-state index contributed by atoms with van der Waals surface area (Å²) < 4.78 is 31.0. The van der Waals surface area contributed by atoms with E-state index >= 15 is 0 Å². The number of nitrogens with zero attached hydrogens (tertiary/aromatic N) is 1. The molecule has 29 heavy (non-hydrogen) atoms. The maximum atomic E-state index is 12.4. The van der Waals surface area contributed by atoms with Gasteiger partial charge < -0.3 is 15.2 Å². The summed E-state index contributed by atoms with van der Waals surface area (Å²) in [4.78, 5) is 24.1. The molecule has 2 rings (SSSR count). The third-order valence-electron chi connectivity index (χ3n) is 4.25. The predicted molar refractivity (Wildman–Crippen MR) is 108 cm³/mol. The van der Waals surface area contributed by atoms with Crippen LogP contribution in [0.1, 0.15) is 29.8 Å². The number of phenolic OH excluding ortho intramolecular Hbond substituents is 1. The lowest BCUT2D eigenvalue weighted by atomic mass is 10.1. The summed E-state index contributed by atoms with van der Waals surface area (Å²) in [5.41, 5.74) is 1.09. The van der Waals surface area contributed by atoms with Crippen molar-refractivity contribution < 1.29 is 27.9 Å². The Morgan fingerprint density at radius 1 is 1.14 bits per heavy atom.